The van der Waals surface area contributed by atoms with Gasteiger partial charge in [-0.3, -0.25) is 0 Å². The summed E-state index contributed by atoms with van der Waals surface area (Å²) < 4.78 is 5.48. The van der Waals surface area contributed by atoms with Gasteiger partial charge in [0.05, 0.1) is 6.61 Å². The van der Waals surface area contributed by atoms with Crippen molar-refractivity contribution in [1.29, 1.82) is 0 Å². The third kappa shape index (κ3) is 3.08. The lowest BCUT2D eigenvalue weighted by Crippen LogP contribution is -2.24. The van der Waals surface area contributed by atoms with E-state index in [-0.39, 0.29) is 0 Å². The summed E-state index contributed by atoms with van der Waals surface area (Å²) in [4.78, 5) is 0. The molecule has 1 aromatic carbocycles. The standard InChI is InChI=1S/C13H17N5O/c1-4-11(13-15-17-18-16-13)7-12(5-1)14-8-10-3-2-6-19-9-10/h1,4-5,7,10,14H,2-3,6,8-9H2,(H,15,16,17,18). The average Bonchev–Trinajstić information content (AvgIpc) is 3.01. The number of benzene rings is 1. The van der Waals surface area contributed by atoms with Gasteiger partial charge >= 0.3 is 0 Å². The molecule has 0 spiro atoms. The molecule has 1 saturated heterocycles. The van der Waals surface area contributed by atoms with Gasteiger partial charge in [-0.2, -0.15) is 5.21 Å². The molecule has 3 rings (SSSR count). The van der Waals surface area contributed by atoms with Gasteiger partial charge in [0.2, 0.25) is 5.82 Å². The van der Waals surface area contributed by atoms with Gasteiger partial charge in [0, 0.05) is 24.4 Å². The maximum atomic E-state index is 5.48. The molecule has 1 atom stereocenters. The van der Waals surface area contributed by atoms with Crippen molar-refractivity contribution >= 4 is 5.69 Å². The lowest BCUT2D eigenvalue weighted by atomic mass is 10.0. The van der Waals surface area contributed by atoms with Crippen molar-refractivity contribution in [2.75, 3.05) is 25.1 Å². The summed E-state index contributed by atoms with van der Waals surface area (Å²) in [5.41, 5.74) is 2.03. The highest BCUT2D eigenvalue weighted by Gasteiger charge is 2.13. The number of hydrogen-bond acceptors (Lipinski definition) is 5. The van der Waals surface area contributed by atoms with E-state index >= 15 is 0 Å². The van der Waals surface area contributed by atoms with Crippen molar-refractivity contribution in [3.05, 3.63) is 24.3 Å². The normalized spacial score (nSPS) is 19.3. The Hall–Kier alpha value is -1.95. The number of H-pyrrole nitrogens is 1. The maximum absolute atomic E-state index is 5.48. The number of tetrazole rings is 1. The van der Waals surface area contributed by atoms with Gasteiger partial charge in [0.25, 0.3) is 0 Å². The van der Waals surface area contributed by atoms with Crippen LogP contribution in [0.2, 0.25) is 0 Å². The quantitative estimate of drug-likeness (QED) is 0.874. The zero-order chi connectivity index (χ0) is 12.9. The molecule has 1 aliphatic heterocycles. The van der Waals surface area contributed by atoms with Crippen molar-refractivity contribution in [3.63, 3.8) is 0 Å². The van der Waals surface area contributed by atoms with Gasteiger partial charge in [-0.15, -0.1) is 10.2 Å². The monoisotopic (exact) mass is 259 g/mol. The smallest absolute Gasteiger partial charge is 0.204 e. The second kappa shape index (κ2) is 5.79. The fourth-order valence-corrected chi connectivity index (χ4v) is 2.28. The molecule has 1 fully saturated rings. The summed E-state index contributed by atoms with van der Waals surface area (Å²) in [5, 5.41) is 17.5. The average molecular weight is 259 g/mol. The summed E-state index contributed by atoms with van der Waals surface area (Å²) >= 11 is 0. The van der Waals surface area contributed by atoms with Crippen molar-refractivity contribution in [2.24, 2.45) is 5.92 Å². The van der Waals surface area contributed by atoms with Crippen molar-refractivity contribution in [3.8, 4) is 11.4 Å². The van der Waals surface area contributed by atoms with E-state index in [1.54, 1.807) is 0 Å². The summed E-state index contributed by atoms with van der Waals surface area (Å²) in [6.07, 6.45) is 2.40. The third-order valence-electron chi connectivity index (χ3n) is 3.32. The molecule has 0 radical (unpaired) electrons. The molecular weight excluding hydrogens is 242 g/mol. The Morgan fingerprint density at radius 2 is 2.42 bits per heavy atom. The topological polar surface area (TPSA) is 75.7 Å². The molecule has 1 unspecified atom stereocenters. The molecule has 2 heterocycles. The number of ether oxygens (including phenoxy) is 1. The molecule has 100 valence electrons. The molecule has 2 aromatic rings. The Labute approximate surface area is 111 Å². The van der Waals surface area contributed by atoms with Crippen LogP contribution in [0.1, 0.15) is 12.8 Å². The Balaban J connectivity index is 1.63. The van der Waals surface area contributed by atoms with Crippen LogP contribution in [-0.2, 0) is 4.74 Å². The summed E-state index contributed by atoms with van der Waals surface area (Å²) in [6, 6.07) is 8.05. The van der Waals surface area contributed by atoms with Gasteiger partial charge in [0.15, 0.2) is 0 Å². The molecule has 0 saturated carbocycles. The second-order valence-electron chi connectivity index (χ2n) is 4.78. The second-order valence-corrected chi connectivity index (χ2v) is 4.78. The van der Waals surface area contributed by atoms with E-state index in [1.807, 2.05) is 24.3 Å². The number of anilines is 1. The van der Waals surface area contributed by atoms with Crippen molar-refractivity contribution in [2.45, 2.75) is 12.8 Å². The largest absolute Gasteiger partial charge is 0.385 e. The Kier molecular flexibility index (Phi) is 3.69. The minimum atomic E-state index is 0.600. The predicted octanol–water partition coefficient (Wildman–Crippen LogP) is 1.71. The first-order valence-electron chi connectivity index (χ1n) is 6.57. The predicted molar refractivity (Wildman–Crippen MR) is 71.6 cm³/mol. The van der Waals surface area contributed by atoms with Gasteiger partial charge < -0.3 is 10.1 Å². The first-order chi connectivity index (χ1) is 9.42. The highest BCUT2D eigenvalue weighted by Crippen LogP contribution is 2.20. The van der Waals surface area contributed by atoms with Crippen LogP contribution in [0, 0.1) is 5.92 Å². The summed E-state index contributed by atoms with van der Waals surface area (Å²) in [7, 11) is 0. The van der Waals surface area contributed by atoms with Crippen LogP contribution < -0.4 is 5.32 Å². The summed E-state index contributed by atoms with van der Waals surface area (Å²) in [6.45, 7) is 2.71. The SMILES string of the molecule is c1cc(NCC2CCCOC2)cc(-c2nn[nH]n2)c1. The Morgan fingerprint density at radius 1 is 1.42 bits per heavy atom. The van der Waals surface area contributed by atoms with E-state index in [2.05, 4.69) is 25.9 Å². The number of aromatic nitrogens is 4. The molecule has 0 aliphatic carbocycles. The van der Waals surface area contributed by atoms with E-state index in [1.165, 1.54) is 6.42 Å². The van der Waals surface area contributed by atoms with Crippen LogP contribution >= 0.6 is 0 Å². The van der Waals surface area contributed by atoms with Crippen LogP contribution in [0.5, 0.6) is 0 Å². The Morgan fingerprint density at radius 3 is 3.21 bits per heavy atom. The fourth-order valence-electron chi connectivity index (χ4n) is 2.28. The van der Waals surface area contributed by atoms with Crippen molar-refractivity contribution in [1.82, 2.24) is 20.6 Å². The maximum Gasteiger partial charge on any atom is 0.204 e. The van der Waals surface area contributed by atoms with E-state index < -0.39 is 0 Å². The first kappa shape index (κ1) is 12.1. The van der Waals surface area contributed by atoms with Gasteiger partial charge in [-0.25, -0.2) is 0 Å². The highest BCUT2D eigenvalue weighted by molar-refractivity contribution is 5.61. The van der Waals surface area contributed by atoms with Crippen LogP contribution in [0.15, 0.2) is 24.3 Å². The zero-order valence-electron chi connectivity index (χ0n) is 10.7. The van der Waals surface area contributed by atoms with E-state index in [0.29, 0.717) is 11.7 Å². The third-order valence-corrected chi connectivity index (χ3v) is 3.32. The number of nitrogens with one attached hydrogen (secondary N) is 2. The van der Waals surface area contributed by atoms with Gasteiger partial charge in [0.1, 0.15) is 0 Å². The molecule has 0 amide bonds. The van der Waals surface area contributed by atoms with Gasteiger partial charge in [-0.05, 0) is 36.1 Å². The summed E-state index contributed by atoms with van der Waals surface area (Å²) in [5.74, 6) is 1.22. The number of nitrogens with zero attached hydrogens (tertiary/aromatic N) is 3. The molecule has 6 heteroatoms. The van der Waals surface area contributed by atoms with Crippen LogP contribution in [0.4, 0.5) is 5.69 Å². The molecule has 19 heavy (non-hydrogen) atoms. The van der Waals surface area contributed by atoms with Crippen LogP contribution in [0.3, 0.4) is 0 Å². The minimum Gasteiger partial charge on any atom is -0.385 e. The molecule has 1 aromatic heterocycles. The highest BCUT2D eigenvalue weighted by atomic mass is 16.5. The number of rotatable bonds is 4. The Bertz CT molecular complexity index is 508. The van der Waals surface area contributed by atoms with E-state index in [9.17, 15) is 0 Å². The number of hydrogen-bond donors (Lipinski definition) is 2. The first-order valence-corrected chi connectivity index (χ1v) is 6.57. The van der Waals surface area contributed by atoms with Gasteiger partial charge in [-0.1, -0.05) is 12.1 Å². The lowest BCUT2D eigenvalue weighted by molar-refractivity contribution is 0.0595. The molecule has 1 aliphatic rings. The number of aromatic amines is 1. The lowest BCUT2D eigenvalue weighted by Gasteiger charge is -2.22. The molecule has 6 nitrogen and oxygen atoms in total. The van der Waals surface area contributed by atoms with Crippen molar-refractivity contribution < 1.29 is 4.74 Å². The minimum absolute atomic E-state index is 0.600. The molecule has 0 bridgehead atoms. The molecular formula is C13H17N5O. The van der Waals surface area contributed by atoms with Crippen LogP contribution in [0.25, 0.3) is 11.4 Å². The zero-order valence-corrected chi connectivity index (χ0v) is 10.7. The molecule has 2 N–H and O–H groups in total. The van der Waals surface area contributed by atoms with E-state index in [4.69, 9.17) is 4.74 Å². The fraction of sp³-hybridized carbons (Fsp3) is 0.462. The van der Waals surface area contributed by atoms with Crippen LogP contribution in [-0.4, -0.2) is 40.4 Å². The van der Waals surface area contributed by atoms with E-state index in [0.717, 1.165) is 37.4 Å².